The van der Waals surface area contributed by atoms with Gasteiger partial charge in [0, 0.05) is 48.6 Å². The molecule has 4 heterocycles. The van der Waals surface area contributed by atoms with Crippen molar-refractivity contribution in [3.05, 3.63) is 74.9 Å². The lowest BCUT2D eigenvalue weighted by molar-refractivity contribution is -0.136. The molecule has 1 amide bonds. The fraction of sp³-hybridized carbons (Fsp3) is 0.364. The summed E-state index contributed by atoms with van der Waals surface area (Å²) in [6, 6.07) is 14.7. The molecule has 2 aliphatic rings. The lowest BCUT2D eigenvalue weighted by Crippen LogP contribution is -2.39. The van der Waals surface area contributed by atoms with Gasteiger partial charge in [0.1, 0.15) is 0 Å². The van der Waals surface area contributed by atoms with E-state index in [2.05, 4.69) is 62.6 Å². The molecule has 0 bridgehead atoms. The largest absolute Gasteiger partial charge is 0.337 e. The second-order valence-corrected chi connectivity index (χ2v) is 9.75. The van der Waals surface area contributed by atoms with Gasteiger partial charge in [-0.15, -0.1) is 22.7 Å². The van der Waals surface area contributed by atoms with Crippen LogP contribution in [0, 0.1) is 5.41 Å². The highest BCUT2D eigenvalue weighted by atomic mass is 32.1. The normalized spacial score (nSPS) is 25.2. The zero-order valence-corrected chi connectivity index (χ0v) is 17.3. The molecule has 5 rings (SSSR count). The molecule has 0 unspecified atom stereocenters. The first-order valence-electron chi connectivity index (χ1n) is 9.72. The standard InChI is InChI=1S/C22H23N3OS2/c26-21-22(8-10-25(21)14-18-7-4-11-27-18)16-24(13-17-5-2-1-3-6-17)15-19(22)20-23-9-12-28-20/h1-7,9,11-12,19H,8,10,13-16H2/t19-,22-/m1/s1. The molecule has 3 aromatic rings. The van der Waals surface area contributed by atoms with Gasteiger partial charge >= 0.3 is 0 Å². The lowest BCUT2D eigenvalue weighted by atomic mass is 9.77. The van der Waals surface area contributed by atoms with E-state index in [0.29, 0.717) is 5.91 Å². The quantitative estimate of drug-likeness (QED) is 0.633. The van der Waals surface area contributed by atoms with E-state index in [1.54, 1.807) is 22.7 Å². The van der Waals surface area contributed by atoms with E-state index in [1.807, 2.05) is 11.6 Å². The number of hydrogen-bond donors (Lipinski definition) is 0. The first-order chi connectivity index (χ1) is 13.7. The molecule has 2 atom stereocenters. The number of benzene rings is 1. The van der Waals surface area contributed by atoms with Gasteiger partial charge in [-0.2, -0.15) is 0 Å². The number of likely N-dealkylation sites (tertiary alicyclic amines) is 2. The molecule has 6 heteroatoms. The van der Waals surface area contributed by atoms with Crippen LogP contribution in [0.3, 0.4) is 0 Å². The molecule has 2 aliphatic heterocycles. The maximum Gasteiger partial charge on any atom is 0.231 e. The van der Waals surface area contributed by atoms with E-state index in [-0.39, 0.29) is 11.3 Å². The first kappa shape index (κ1) is 18.0. The van der Waals surface area contributed by atoms with Crippen molar-refractivity contribution in [2.75, 3.05) is 19.6 Å². The number of amides is 1. The Bertz CT molecular complexity index is 926. The van der Waals surface area contributed by atoms with Crippen molar-refractivity contribution in [1.82, 2.24) is 14.8 Å². The maximum atomic E-state index is 13.6. The SMILES string of the molecule is O=C1N(Cc2cccs2)CC[C@]12CN(Cc1ccccc1)C[C@@H]2c1nccs1. The van der Waals surface area contributed by atoms with Crippen molar-refractivity contribution < 1.29 is 4.79 Å². The van der Waals surface area contributed by atoms with Crippen LogP contribution in [0.4, 0.5) is 0 Å². The zero-order valence-electron chi connectivity index (χ0n) is 15.7. The molecule has 0 saturated carbocycles. The summed E-state index contributed by atoms with van der Waals surface area (Å²) < 4.78 is 0. The smallest absolute Gasteiger partial charge is 0.231 e. The fourth-order valence-corrected chi connectivity index (χ4v) is 6.33. The summed E-state index contributed by atoms with van der Waals surface area (Å²) in [4.78, 5) is 24.0. The molecule has 2 fully saturated rings. The number of hydrogen-bond acceptors (Lipinski definition) is 5. The van der Waals surface area contributed by atoms with Gasteiger partial charge in [0.15, 0.2) is 0 Å². The van der Waals surface area contributed by atoms with E-state index in [9.17, 15) is 4.79 Å². The molecular weight excluding hydrogens is 386 g/mol. The van der Waals surface area contributed by atoms with Gasteiger partial charge in [0.25, 0.3) is 0 Å². The van der Waals surface area contributed by atoms with E-state index >= 15 is 0 Å². The summed E-state index contributed by atoms with van der Waals surface area (Å²) in [7, 11) is 0. The molecular formula is C22H23N3OS2. The van der Waals surface area contributed by atoms with Crippen molar-refractivity contribution >= 4 is 28.6 Å². The molecule has 1 spiro atoms. The molecule has 28 heavy (non-hydrogen) atoms. The Hall–Kier alpha value is -2.02. The van der Waals surface area contributed by atoms with Crippen LogP contribution >= 0.6 is 22.7 Å². The average molecular weight is 410 g/mol. The number of carbonyl (C=O) groups excluding carboxylic acids is 1. The highest BCUT2D eigenvalue weighted by Gasteiger charge is 2.57. The van der Waals surface area contributed by atoms with E-state index < -0.39 is 0 Å². The number of thiophene rings is 1. The van der Waals surface area contributed by atoms with Crippen LogP contribution in [0.5, 0.6) is 0 Å². The van der Waals surface area contributed by atoms with Crippen molar-refractivity contribution in [1.29, 1.82) is 0 Å². The van der Waals surface area contributed by atoms with E-state index in [4.69, 9.17) is 0 Å². The van der Waals surface area contributed by atoms with Gasteiger partial charge in [-0.3, -0.25) is 9.69 Å². The van der Waals surface area contributed by atoms with E-state index in [0.717, 1.165) is 44.2 Å². The van der Waals surface area contributed by atoms with Crippen LogP contribution in [-0.4, -0.2) is 40.3 Å². The summed E-state index contributed by atoms with van der Waals surface area (Å²) in [6.45, 7) is 4.20. The fourth-order valence-electron chi connectivity index (χ4n) is 4.76. The molecule has 144 valence electrons. The van der Waals surface area contributed by atoms with Gasteiger partial charge in [0.2, 0.25) is 5.91 Å². The van der Waals surface area contributed by atoms with Gasteiger partial charge in [0.05, 0.1) is 17.0 Å². The monoisotopic (exact) mass is 409 g/mol. The summed E-state index contributed by atoms with van der Waals surface area (Å²) in [5, 5.41) is 5.23. The summed E-state index contributed by atoms with van der Waals surface area (Å²) in [5.74, 6) is 0.508. The average Bonchev–Trinajstić information content (AvgIpc) is 3.49. The van der Waals surface area contributed by atoms with Crippen LogP contribution in [0.1, 0.15) is 27.8 Å². The van der Waals surface area contributed by atoms with Crippen LogP contribution < -0.4 is 0 Å². The van der Waals surface area contributed by atoms with Gasteiger partial charge in [-0.05, 0) is 23.4 Å². The van der Waals surface area contributed by atoms with Crippen LogP contribution in [0.2, 0.25) is 0 Å². The first-order valence-corrected chi connectivity index (χ1v) is 11.5. The number of carbonyl (C=O) groups is 1. The summed E-state index contributed by atoms with van der Waals surface area (Å²) in [6.07, 6.45) is 2.79. The van der Waals surface area contributed by atoms with Crippen LogP contribution in [0.15, 0.2) is 59.4 Å². The summed E-state index contributed by atoms with van der Waals surface area (Å²) >= 11 is 3.42. The number of thiazole rings is 1. The van der Waals surface area contributed by atoms with Crippen molar-refractivity contribution in [2.45, 2.75) is 25.4 Å². The van der Waals surface area contributed by atoms with Gasteiger partial charge < -0.3 is 4.90 Å². The minimum absolute atomic E-state index is 0.192. The topological polar surface area (TPSA) is 36.4 Å². The highest BCUT2D eigenvalue weighted by molar-refractivity contribution is 7.10. The van der Waals surface area contributed by atoms with Crippen molar-refractivity contribution in [3.63, 3.8) is 0 Å². The lowest BCUT2D eigenvalue weighted by Gasteiger charge is -2.27. The Kier molecular flexibility index (Phi) is 4.78. The third kappa shape index (κ3) is 3.19. The second-order valence-electron chi connectivity index (χ2n) is 7.79. The Morgan fingerprint density at radius 1 is 1.07 bits per heavy atom. The Labute approximate surface area is 173 Å². The Balaban J connectivity index is 1.41. The minimum atomic E-state index is -0.329. The minimum Gasteiger partial charge on any atom is -0.337 e. The highest BCUT2D eigenvalue weighted by Crippen LogP contribution is 2.50. The van der Waals surface area contributed by atoms with Crippen LogP contribution in [0.25, 0.3) is 0 Å². The molecule has 2 saturated heterocycles. The van der Waals surface area contributed by atoms with Crippen molar-refractivity contribution in [3.8, 4) is 0 Å². The number of aromatic nitrogens is 1. The molecule has 0 aliphatic carbocycles. The zero-order chi connectivity index (χ0) is 19.0. The van der Waals surface area contributed by atoms with Crippen LogP contribution in [-0.2, 0) is 17.9 Å². The predicted octanol–water partition coefficient (Wildman–Crippen LogP) is 4.22. The number of nitrogens with zero attached hydrogens (tertiary/aromatic N) is 3. The van der Waals surface area contributed by atoms with Gasteiger partial charge in [-0.25, -0.2) is 4.98 Å². The molecule has 4 nitrogen and oxygen atoms in total. The van der Waals surface area contributed by atoms with Crippen molar-refractivity contribution in [2.24, 2.45) is 5.41 Å². The number of rotatable bonds is 5. The maximum absolute atomic E-state index is 13.6. The molecule has 2 aromatic heterocycles. The van der Waals surface area contributed by atoms with E-state index in [1.165, 1.54) is 10.4 Å². The molecule has 0 radical (unpaired) electrons. The second kappa shape index (κ2) is 7.43. The molecule has 0 N–H and O–H groups in total. The predicted molar refractivity (Wildman–Crippen MR) is 113 cm³/mol. The third-order valence-corrected chi connectivity index (χ3v) is 7.83. The molecule has 1 aromatic carbocycles. The van der Waals surface area contributed by atoms with Gasteiger partial charge in [-0.1, -0.05) is 36.4 Å². The Morgan fingerprint density at radius 3 is 2.71 bits per heavy atom. The third-order valence-electron chi connectivity index (χ3n) is 6.08. The summed E-state index contributed by atoms with van der Waals surface area (Å²) in [5.41, 5.74) is 0.975. The Morgan fingerprint density at radius 2 is 1.96 bits per heavy atom.